The SMILES string of the molecule is CC(C)C[C@H](NC(=O)[C@@H]1CCCN1C(=O)OCc1ccccc1)C(=O)NCC(=O)N1CCC[C@H]1C(=O)NCC(=O)Nc1ccc(N(CCCl)CCCl)cc1. The normalized spacial score (nSPS) is 17.1. The van der Waals surface area contributed by atoms with Crippen molar-refractivity contribution in [1.82, 2.24) is 25.8 Å². The Hall–Kier alpha value is -4.56. The molecule has 2 aromatic carbocycles. The second-order valence-corrected chi connectivity index (χ2v) is 14.5. The van der Waals surface area contributed by atoms with Crippen LogP contribution in [0.5, 0.6) is 0 Å². The summed E-state index contributed by atoms with van der Waals surface area (Å²) >= 11 is 11.8. The lowest BCUT2D eigenvalue weighted by atomic mass is 10.0. The van der Waals surface area contributed by atoms with Crippen LogP contribution in [0.4, 0.5) is 16.2 Å². The predicted octanol–water partition coefficient (Wildman–Crippen LogP) is 3.46. The lowest BCUT2D eigenvalue weighted by Crippen LogP contribution is -2.55. The number of amides is 6. The van der Waals surface area contributed by atoms with Crippen LogP contribution in [0, 0.1) is 5.92 Å². The highest BCUT2D eigenvalue weighted by atomic mass is 35.5. The smallest absolute Gasteiger partial charge is 0.410 e. The van der Waals surface area contributed by atoms with E-state index >= 15 is 0 Å². The summed E-state index contributed by atoms with van der Waals surface area (Å²) in [6.07, 6.45) is 1.74. The van der Waals surface area contributed by atoms with Gasteiger partial charge in [0.05, 0.1) is 13.1 Å². The van der Waals surface area contributed by atoms with E-state index in [2.05, 4.69) is 21.3 Å². The molecule has 14 nitrogen and oxygen atoms in total. The van der Waals surface area contributed by atoms with Gasteiger partial charge < -0.3 is 35.8 Å². The summed E-state index contributed by atoms with van der Waals surface area (Å²) in [5.41, 5.74) is 2.29. The van der Waals surface area contributed by atoms with E-state index < -0.39 is 53.8 Å². The van der Waals surface area contributed by atoms with Crippen LogP contribution in [0.2, 0.25) is 0 Å². The summed E-state index contributed by atoms with van der Waals surface area (Å²) in [5, 5.41) is 10.8. The quantitative estimate of drug-likeness (QED) is 0.167. The number of nitrogens with one attached hydrogen (secondary N) is 4. The van der Waals surface area contributed by atoms with Crippen molar-refractivity contribution in [2.75, 3.05) is 61.2 Å². The van der Waals surface area contributed by atoms with Gasteiger partial charge in [-0.2, -0.15) is 0 Å². The Morgan fingerprint density at radius 2 is 1.44 bits per heavy atom. The highest BCUT2D eigenvalue weighted by Crippen LogP contribution is 2.21. The Morgan fingerprint density at radius 3 is 2.07 bits per heavy atom. The molecule has 0 spiro atoms. The number of rotatable bonds is 18. The molecular weight excluding hydrogens is 737 g/mol. The van der Waals surface area contributed by atoms with Gasteiger partial charge in [-0.3, -0.25) is 28.9 Å². The molecule has 16 heteroatoms. The maximum atomic E-state index is 13.4. The molecule has 6 amide bonds. The van der Waals surface area contributed by atoms with Crippen LogP contribution >= 0.6 is 23.2 Å². The summed E-state index contributed by atoms with van der Waals surface area (Å²) in [6.45, 7) is 5.16. The number of nitrogens with zero attached hydrogens (tertiary/aromatic N) is 3. The van der Waals surface area contributed by atoms with Gasteiger partial charge in [-0.15, -0.1) is 23.2 Å². The molecule has 54 heavy (non-hydrogen) atoms. The van der Waals surface area contributed by atoms with Crippen molar-refractivity contribution < 1.29 is 33.5 Å². The molecule has 0 saturated carbocycles. The van der Waals surface area contributed by atoms with Crippen molar-refractivity contribution in [2.45, 2.75) is 70.7 Å². The Kier molecular flexibility index (Phi) is 16.7. The number of carbonyl (C=O) groups excluding carboxylic acids is 6. The fourth-order valence-corrected chi connectivity index (χ4v) is 6.98. The molecule has 2 aliphatic heterocycles. The van der Waals surface area contributed by atoms with E-state index in [1.54, 1.807) is 12.1 Å². The monoisotopic (exact) mass is 787 g/mol. The van der Waals surface area contributed by atoms with E-state index in [1.165, 1.54) is 9.80 Å². The van der Waals surface area contributed by atoms with Crippen LogP contribution < -0.4 is 26.2 Å². The van der Waals surface area contributed by atoms with Crippen molar-refractivity contribution in [1.29, 1.82) is 0 Å². The summed E-state index contributed by atoms with van der Waals surface area (Å²) < 4.78 is 5.45. The summed E-state index contributed by atoms with van der Waals surface area (Å²) in [6, 6.07) is 13.9. The molecule has 0 radical (unpaired) electrons. The van der Waals surface area contributed by atoms with Gasteiger partial charge in [0.25, 0.3) is 0 Å². The number of anilines is 2. The largest absolute Gasteiger partial charge is 0.445 e. The van der Waals surface area contributed by atoms with Gasteiger partial charge in [-0.1, -0.05) is 44.2 Å². The van der Waals surface area contributed by atoms with Crippen LogP contribution in [-0.4, -0.2) is 115 Å². The number of alkyl halides is 2. The molecule has 2 fully saturated rings. The minimum Gasteiger partial charge on any atom is -0.445 e. The minimum atomic E-state index is -0.948. The number of likely N-dealkylation sites (tertiary alicyclic amines) is 2. The third kappa shape index (κ3) is 12.5. The average molecular weight is 789 g/mol. The van der Waals surface area contributed by atoms with Gasteiger partial charge in [0.15, 0.2) is 0 Å². The first-order valence-corrected chi connectivity index (χ1v) is 19.5. The van der Waals surface area contributed by atoms with E-state index in [1.807, 2.05) is 61.2 Å². The highest BCUT2D eigenvalue weighted by molar-refractivity contribution is 6.18. The average Bonchev–Trinajstić information content (AvgIpc) is 3.87. The van der Waals surface area contributed by atoms with Gasteiger partial charge in [-0.05, 0) is 67.9 Å². The van der Waals surface area contributed by atoms with E-state index in [-0.39, 0.29) is 25.6 Å². The molecule has 0 aromatic heterocycles. The van der Waals surface area contributed by atoms with E-state index in [0.29, 0.717) is 75.7 Å². The Balaban J connectivity index is 1.24. The molecular formula is C38H51Cl2N7O7. The Labute approximate surface area is 326 Å². The molecule has 2 heterocycles. The van der Waals surface area contributed by atoms with Crippen molar-refractivity contribution in [2.24, 2.45) is 5.92 Å². The molecule has 0 aliphatic carbocycles. The molecule has 4 rings (SSSR count). The Bertz CT molecular complexity index is 1580. The van der Waals surface area contributed by atoms with Crippen molar-refractivity contribution in [3.8, 4) is 0 Å². The van der Waals surface area contributed by atoms with Crippen molar-refractivity contribution in [3.63, 3.8) is 0 Å². The van der Waals surface area contributed by atoms with E-state index in [0.717, 1.165) is 11.3 Å². The molecule has 2 aromatic rings. The maximum Gasteiger partial charge on any atom is 0.410 e. The van der Waals surface area contributed by atoms with Gasteiger partial charge in [-0.25, -0.2) is 4.79 Å². The number of hydrogen-bond donors (Lipinski definition) is 4. The van der Waals surface area contributed by atoms with Crippen LogP contribution in [0.1, 0.15) is 51.5 Å². The zero-order valence-corrected chi connectivity index (χ0v) is 32.4. The zero-order chi connectivity index (χ0) is 39.0. The third-order valence-corrected chi connectivity index (χ3v) is 9.61. The Morgan fingerprint density at radius 1 is 0.815 bits per heavy atom. The third-order valence-electron chi connectivity index (χ3n) is 9.27. The van der Waals surface area contributed by atoms with Crippen LogP contribution in [0.25, 0.3) is 0 Å². The van der Waals surface area contributed by atoms with Crippen LogP contribution in [-0.2, 0) is 35.3 Å². The molecule has 0 unspecified atom stereocenters. The van der Waals surface area contributed by atoms with Gasteiger partial charge in [0, 0.05) is 49.3 Å². The zero-order valence-electron chi connectivity index (χ0n) is 30.9. The van der Waals surface area contributed by atoms with Gasteiger partial charge >= 0.3 is 6.09 Å². The first-order valence-electron chi connectivity index (χ1n) is 18.4. The first kappa shape index (κ1) is 42.2. The molecule has 0 bridgehead atoms. The van der Waals surface area contributed by atoms with Crippen molar-refractivity contribution >= 4 is 70.2 Å². The second kappa shape index (κ2) is 21.4. The number of halogens is 2. The minimum absolute atomic E-state index is 0.0306. The first-order chi connectivity index (χ1) is 26.0. The summed E-state index contributed by atoms with van der Waals surface area (Å²) in [4.78, 5) is 83.4. The standard InChI is InChI=1S/C38H51Cl2N7O7/c1-26(2)22-30(44-37(52)32-11-7-19-47(32)38(53)54-25-27-8-4-3-5-9-27)35(50)42-24-34(49)46-18-6-10-31(46)36(51)41-23-33(48)43-28-12-14-29(15-13-28)45(20-16-39)21-17-40/h3-5,8-9,12-15,26,30-32H,6-7,10-11,16-25H2,1-2H3,(H,41,51)(H,42,50)(H,43,48)(H,44,52)/t30-,31-,32-/m0/s1. The molecule has 4 N–H and O–H groups in total. The lowest BCUT2D eigenvalue weighted by Gasteiger charge is -2.27. The van der Waals surface area contributed by atoms with Gasteiger partial charge in [0.2, 0.25) is 29.5 Å². The molecule has 2 aliphatic rings. The number of hydrogen-bond acceptors (Lipinski definition) is 8. The molecule has 2 saturated heterocycles. The van der Waals surface area contributed by atoms with Crippen molar-refractivity contribution in [3.05, 3.63) is 60.2 Å². The van der Waals surface area contributed by atoms with Gasteiger partial charge in [0.1, 0.15) is 24.7 Å². The summed E-state index contributed by atoms with van der Waals surface area (Å²) in [7, 11) is 0. The molecule has 3 atom stereocenters. The summed E-state index contributed by atoms with van der Waals surface area (Å²) in [5.74, 6) is -1.44. The maximum absolute atomic E-state index is 13.4. The fourth-order valence-electron chi connectivity index (χ4n) is 6.58. The topological polar surface area (TPSA) is 169 Å². The highest BCUT2D eigenvalue weighted by Gasteiger charge is 2.38. The number of carbonyl (C=O) groups is 6. The van der Waals surface area contributed by atoms with E-state index in [9.17, 15) is 28.8 Å². The number of ether oxygens (including phenoxy) is 1. The van der Waals surface area contributed by atoms with Crippen LogP contribution in [0.3, 0.4) is 0 Å². The van der Waals surface area contributed by atoms with E-state index in [4.69, 9.17) is 27.9 Å². The fraction of sp³-hybridized carbons (Fsp3) is 0.526. The molecule has 294 valence electrons. The lowest BCUT2D eigenvalue weighted by molar-refractivity contribution is -0.139. The van der Waals surface area contributed by atoms with Crippen LogP contribution in [0.15, 0.2) is 54.6 Å². The second-order valence-electron chi connectivity index (χ2n) is 13.7. The predicted molar refractivity (Wildman–Crippen MR) is 207 cm³/mol. The number of benzene rings is 2.